The van der Waals surface area contributed by atoms with E-state index < -0.39 is 34.8 Å². The van der Waals surface area contributed by atoms with Crippen molar-refractivity contribution in [2.24, 2.45) is 5.92 Å². The predicted octanol–water partition coefficient (Wildman–Crippen LogP) is 3.21. The van der Waals surface area contributed by atoms with Gasteiger partial charge in [-0.3, -0.25) is 0 Å². The summed E-state index contributed by atoms with van der Waals surface area (Å²) in [6, 6.07) is 0.0917. The summed E-state index contributed by atoms with van der Waals surface area (Å²) < 4.78 is 67.3. The molecular weight excluding hydrogens is 291 g/mol. The van der Waals surface area contributed by atoms with Crippen LogP contribution >= 0.6 is 0 Å². The molecule has 1 heterocycles. The minimum Gasteiger partial charge on any atom is -0.366 e. The van der Waals surface area contributed by atoms with Crippen LogP contribution in [0.5, 0.6) is 0 Å². The minimum atomic E-state index is -2.12. The second-order valence-electron chi connectivity index (χ2n) is 5.34. The van der Waals surface area contributed by atoms with Crippen molar-refractivity contribution in [3.05, 3.63) is 29.1 Å². The van der Waals surface area contributed by atoms with Crippen molar-refractivity contribution < 1.29 is 22.0 Å². The molecule has 118 valence electrons. The highest BCUT2D eigenvalue weighted by molar-refractivity contribution is 5.51. The maximum atomic E-state index is 13.8. The van der Waals surface area contributed by atoms with Crippen molar-refractivity contribution in [3.8, 4) is 0 Å². The van der Waals surface area contributed by atoms with Gasteiger partial charge in [0.15, 0.2) is 23.3 Å². The molecule has 2 atom stereocenters. The third-order valence-electron chi connectivity index (χ3n) is 4.12. The fraction of sp³-hybridized carbons (Fsp3) is 0.571. The zero-order valence-corrected chi connectivity index (χ0v) is 11.8. The molecule has 1 aromatic carbocycles. The Morgan fingerprint density at radius 3 is 2.05 bits per heavy atom. The molecular formula is C14H17F5N2. The molecule has 0 saturated carbocycles. The SMILES string of the molecule is CNC(C)C1CCCN(c2c(F)c(F)c(F)c(F)c2F)C1. The molecule has 2 rings (SSSR count). The van der Waals surface area contributed by atoms with Gasteiger partial charge >= 0.3 is 0 Å². The molecule has 0 radical (unpaired) electrons. The van der Waals surface area contributed by atoms with E-state index >= 15 is 0 Å². The highest BCUT2D eigenvalue weighted by Gasteiger charge is 2.32. The van der Waals surface area contributed by atoms with Crippen LogP contribution in [0.2, 0.25) is 0 Å². The third kappa shape index (κ3) is 2.84. The van der Waals surface area contributed by atoms with Gasteiger partial charge in [0.05, 0.1) is 0 Å². The van der Waals surface area contributed by atoms with Gasteiger partial charge in [0.2, 0.25) is 5.82 Å². The van der Waals surface area contributed by atoms with Crippen LogP contribution in [-0.2, 0) is 0 Å². The average molecular weight is 308 g/mol. The van der Waals surface area contributed by atoms with Crippen LogP contribution < -0.4 is 10.2 Å². The van der Waals surface area contributed by atoms with Gasteiger partial charge in [-0.2, -0.15) is 0 Å². The molecule has 0 aromatic heterocycles. The van der Waals surface area contributed by atoms with E-state index in [1.54, 1.807) is 7.05 Å². The van der Waals surface area contributed by atoms with E-state index in [9.17, 15) is 22.0 Å². The lowest BCUT2D eigenvalue weighted by atomic mass is 9.91. The lowest BCUT2D eigenvalue weighted by Gasteiger charge is -2.37. The van der Waals surface area contributed by atoms with Crippen molar-refractivity contribution >= 4 is 5.69 Å². The molecule has 0 amide bonds. The molecule has 7 heteroatoms. The number of hydrogen-bond donors (Lipinski definition) is 1. The Hall–Kier alpha value is -1.37. The number of piperidine rings is 1. The van der Waals surface area contributed by atoms with Crippen LogP contribution in [0, 0.1) is 35.0 Å². The van der Waals surface area contributed by atoms with Gasteiger partial charge in [0.25, 0.3) is 0 Å². The fourth-order valence-electron chi connectivity index (χ4n) is 2.73. The topological polar surface area (TPSA) is 15.3 Å². The Balaban J connectivity index is 2.38. The summed E-state index contributed by atoms with van der Waals surface area (Å²) in [5, 5.41) is 3.05. The molecule has 2 unspecified atom stereocenters. The summed E-state index contributed by atoms with van der Waals surface area (Å²) in [5.41, 5.74) is -0.820. The van der Waals surface area contributed by atoms with E-state index in [4.69, 9.17) is 0 Å². The van der Waals surface area contributed by atoms with Crippen LogP contribution in [-0.4, -0.2) is 26.2 Å². The first-order valence-corrected chi connectivity index (χ1v) is 6.82. The Morgan fingerprint density at radius 1 is 1.00 bits per heavy atom. The minimum absolute atomic E-state index is 0.0822. The zero-order chi connectivity index (χ0) is 15.7. The summed E-state index contributed by atoms with van der Waals surface area (Å²) in [5.74, 6) is -9.35. The van der Waals surface area contributed by atoms with E-state index in [-0.39, 0.29) is 25.0 Å². The summed E-state index contributed by atoms with van der Waals surface area (Å²) in [6.45, 7) is 2.44. The molecule has 0 spiro atoms. The van der Waals surface area contributed by atoms with Crippen molar-refractivity contribution in [3.63, 3.8) is 0 Å². The van der Waals surface area contributed by atoms with Crippen molar-refractivity contribution in [1.29, 1.82) is 0 Å². The molecule has 1 fully saturated rings. The monoisotopic (exact) mass is 308 g/mol. The number of benzene rings is 1. The summed E-state index contributed by atoms with van der Waals surface area (Å²) >= 11 is 0. The molecule has 1 aromatic rings. The first-order valence-electron chi connectivity index (χ1n) is 6.82. The second kappa shape index (κ2) is 6.17. The van der Waals surface area contributed by atoms with E-state index in [2.05, 4.69) is 5.32 Å². The number of nitrogens with one attached hydrogen (secondary N) is 1. The van der Waals surface area contributed by atoms with E-state index in [0.29, 0.717) is 6.42 Å². The van der Waals surface area contributed by atoms with Gasteiger partial charge in [0.1, 0.15) is 5.69 Å². The number of halogens is 5. The Bertz CT molecular complexity index is 506. The molecule has 1 N–H and O–H groups in total. The van der Waals surface area contributed by atoms with Gasteiger partial charge < -0.3 is 10.2 Å². The molecule has 1 saturated heterocycles. The number of hydrogen-bond acceptors (Lipinski definition) is 2. The van der Waals surface area contributed by atoms with Gasteiger partial charge in [-0.05, 0) is 32.7 Å². The summed E-state index contributed by atoms with van der Waals surface area (Å²) in [4.78, 5) is 1.25. The maximum Gasteiger partial charge on any atom is 0.200 e. The predicted molar refractivity (Wildman–Crippen MR) is 69.7 cm³/mol. The van der Waals surface area contributed by atoms with Crippen LogP contribution in [0.25, 0.3) is 0 Å². The van der Waals surface area contributed by atoms with E-state index in [0.717, 1.165) is 6.42 Å². The molecule has 0 bridgehead atoms. The first-order chi connectivity index (χ1) is 9.88. The summed E-state index contributed by atoms with van der Waals surface area (Å²) in [6.07, 6.45) is 1.48. The molecule has 0 aliphatic carbocycles. The first kappa shape index (κ1) is 16.0. The number of nitrogens with zero attached hydrogens (tertiary/aromatic N) is 1. The van der Waals surface area contributed by atoms with Gasteiger partial charge in [-0.1, -0.05) is 0 Å². The highest BCUT2D eigenvalue weighted by Crippen LogP contribution is 2.33. The van der Waals surface area contributed by atoms with E-state index in [1.165, 1.54) is 4.90 Å². The number of rotatable bonds is 3. The van der Waals surface area contributed by atoms with Crippen LogP contribution in [0.15, 0.2) is 0 Å². The molecule has 21 heavy (non-hydrogen) atoms. The van der Waals surface area contributed by atoms with Crippen LogP contribution in [0.4, 0.5) is 27.6 Å². The average Bonchev–Trinajstić information content (AvgIpc) is 2.50. The largest absolute Gasteiger partial charge is 0.366 e. The van der Waals surface area contributed by atoms with E-state index in [1.807, 2.05) is 6.92 Å². The van der Waals surface area contributed by atoms with Gasteiger partial charge in [0, 0.05) is 19.1 Å². The lowest BCUT2D eigenvalue weighted by Crippen LogP contribution is -2.44. The molecule has 1 aliphatic rings. The van der Waals surface area contributed by atoms with Crippen molar-refractivity contribution in [2.45, 2.75) is 25.8 Å². The molecule has 2 nitrogen and oxygen atoms in total. The highest BCUT2D eigenvalue weighted by atomic mass is 19.2. The normalized spacial score (nSPS) is 20.7. The Kier molecular flexibility index (Phi) is 4.70. The van der Waals surface area contributed by atoms with Gasteiger partial charge in [-0.15, -0.1) is 0 Å². The van der Waals surface area contributed by atoms with Crippen LogP contribution in [0.3, 0.4) is 0 Å². The Morgan fingerprint density at radius 2 is 1.52 bits per heavy atom. The van der Waals surface area contributed by atoms with Gasteiger partial charge in [-0.25, -0.2) is 22.0 Å². The number of anilines is 1. The molecule has 1 aliphatic heterocycles. The quantitative estimate of drug-likeness (QED) is 0.524. The van der Waals surface area contributed by atoms with Crippen molar-refractivity contribution in [2.75, 3.05) is 25.0 Å². The fourth-order valence-corrected chi connectivity index (χ4v) is 2.73. The zero-order valence-electron chi connectivity index (χ0n) is 11.8. The van der Waals surface area contributed by atoms with Crippen LogP contribution in [0.1, 0.15) is 19.8 Å². The lowest BCUT2D eigenvalue weighted by molar-refractivity contribution is 0.324. The Labute approximate surface area is 119 Å². The van der Waals surface area contributed by atoms with Crippen molar-refractivity contribution in [1.82, 2.24) is 5.32 Å². The third-order valence-corrected chi connectivity index (χ3v) is 4.12. The summed E-state index contributed by atoms with van der Waals surface area (Å²) in [7, 11) is 1.77. The standard InChI is InChI=1S/C14H17F5N2/c1-7(20-2)8-4-3-5-21(6-8)14-12(18)10(16)9(15)11(17)13(14)19/h7-8,20H,3-6H2,1-2H3. The second-order valence-corrected chi connectivity index (χ2v) is 5.34. The smallest absolute Gasteiger partial charge is 0.200 e. The maximum absolute atomic E-state index is 13.8.